The topological polar surface area (TPSA) is 20.2 Å². The third-order valence-corrected chi connectivity index (χ3v) is 2.14. The van der Waals surface area contributed by atoms with Gasteiger partial charge >= 0.3 is 0 Å². The lowest BCUT2D eigenvalue weighted by Crippen LogP contribution is -2.19. The molecule has 0 aliphatic carbocycles. The number of hydrogen-bond donors (Lipinski definition) is 1. The van der Waals surface area contributed by atoms with E-state index < -0.39 is 7.74 Å². The summed E-state index contributed by atoms with van der Waals surface area (Å²) in [6, 6.07) is 0. The lowest BCUT2D eigenvalue weighted by Gasteiger charge is -2.17. The van der Waals surface area contributed by atoms with Crippen LogP contribution in [0, 0.1) is 0 Å². The molecule has 0 aromatic heterocycles. The highest BCUT2D eigenvalue weighted by molar-refractivity contribution is 9.39. The van der Waals surface area contributed by atoms with E-state index in [9.17, 15) is 5.11 Å². The van der Waals surface area contributed by atoms with E-state index in [1.54, 1.807) is 19.1 Å². The van der Waals surface area contributed by atoms with Gasteiger partial charge in [0.05, 0.1) is 5.60 Å². The largest absolute Gasteiger partial charge is 0.386 e. The molecule has 0 rings (SSSR count). The summed E-state index contributed by atoms with van der Waals surface area (Å²) in [6.45, 7) is 3.70. The van der Waals surface area contributed by atoms with Crippen molar-refractivity contribution in [1.29, 1.82) is 0 Å². The molecule has 1 unspecified atom stereocenters. The molecule has 0 saturated heterocycles. The Labute approximate surface area is 92.6 Å². The molecule has 0 aliphatic rings. The Balaban J connectivity index is 4.13. The van der Waals surface area contributed by atoms with Crippen molar-refractivity contribution in [3.8, 4) is 0 Å². The second-order valence-corrected chi connectivity index (χ2v) is 9.53. The summed E-state index contributed by atoms with van der Waals surface area (Å²) in [6.07, 6.45) is 4.24. The van der Waals surface area contributed by atoms with E-state index in [-0.39, 0.29) is 0 Å². The molecule has 0 spiro atoms. The van der Waals surface area contributed by atoms with Gasteiger partial charge < -0.3 is 5.11 Å². The molecule has 0 aliphatic heterocycles. The minimum Gasteiger partial charge on any atom is -0.386 e. The fraction of sp³-hybridized carbons (Fsp3) is 0.714. The van der Waals surface area contributed by atoms with Crippen LogP contribution in [0.4, 0.5) is 0 Å². The first-order valence-corrected chi connectivity index (χ1v) is 5.64. The number of rotatable bonds is 2. The van der Waals surface area contributed by atoms with Crippen LogP contribution in [0.15, 0.2) is 12.2 Å². The van der Waals surface area contributed by atoms with Gasteiger partial charge in [-0.1, -0.05) is 60.8 Å². The molecule has 0 bridgehead atoms. The zero-order chi connectivity index (χ0) is 9.12. The third kappa shape index (κ3) is 7.50. The summed E-state index contributed by atoms with van der Waals surface area (Å²) < 4.78 is -0.397. The molecule has 0 aromatic rings. The van der Waals surface area contributed by atoms with Gasteiger partial charge in [0, 0.05) is 0 Å². The number of allylic oxidation sites excluding steroid dienone is 1. The minimum absolute atomic E-state index is 0.397. The summed E-state index contributed by atoms with van der Waals surface area (Å²) in [5.41, 5.74) is -0.722. The standard InChI is InChI=1S/C7H11Br3O/c1-3-6(2,11)4-5-7(8,9)10/h4-5,11H,3H2,1-2H3. The third-order valence-electron chi connectivity index (χ3n) is 1.35. The molecular weight excluding hydrogens is 340 g/mol. The zero-order valence-electron chi connectivity index (χ0n) is 6.44. The Kier molecular flexibility index (Phi) is 4.85. The Morgan fingerprint density at radius 1 is 1.27 bits per heavy atom. The highest BCUT2D eigenvalue weighted by Gasteiger charge is 2.17. The summed E-state index contributed by atoms with van der Waals surface area (Å²) in [7, 11) is 0. The van der Waals surface area contributed by atoms with Crippen molar-refractivity contribution in [3.63, 3.8) is 0 Å². The summed E-state index contributed by atoms with van der Waals surface area (Å²) in [5.74, 6) is 0. The average molecular weight is 351 g/mol. The fourth-order valence-electron chi connectivity index (χ4n) is 0.392. The van der Waals surface area contributed by atoms with Crippen LogP contribution < -0.4 is 0 Å². The quantitative estimate of drug-likeness (QED) is 0.596. The molecular formula is C7H11Br3O. The SMILES string of the molecule is CCC(C)(O)C=CC(Br)(Br)Br. The first-order valence-electron chi connectivity index (χ1n) is 3.26. The predicted octanol–water partition coefficient (Wildman–Crippen LogP) is 3.54. The molecule has 66 valence electrons. The predicted molar refractivity (Wildman–Crippen MR) is 59.6 cm³/mol. The van der Waals surface area contributed by atoms with Gasteiger partial charge in [0.25, 0.3) is 0 Å². The number of halogens is 3. The lowest BCUT2D eigenvalue weighted by molar-refractivity contribution is 0.107. The van der Waals surface area contributed by atoms with E-state index in [4.69, 9.17) is 0 Å². The molecule has 1 atom stereocenters. The maximum Gasteiger partial charge on any atom is 0.153 e. The maximum atomic E-state index is 9.54. The van der Waals surface area contributed by atoms with Crippen molar-refractivity contribution in [3.05, 3.63) is 12.2 Å². The van der Waals surface area contributed by atoms with Gasteiger partial charge in [0.1, 0.15) is 0 Å². The zero-order valence-corrected chi connectivity index (χ0v) is 11.2. The molecule has 0 radical (unpaired) electrons. The van der Waals surface area contributed by atoms with Gasteiger partial charge in [0.2, 0.25) is 0 Å². The van der Waals surface area contributed by atoms with Crippen LogP contribution in [0.2, 0.25) is 0 Å². The molecule has 0 heterocycles. The van der Waals surface area contributed by atoms with Crippen LogP contribution in [0.1, 0.15) is 20.3 Å². The van der Waals surface area contributed by atoms with Crippen molar-refractivity contribution in [1.82, 2.24) is 0 Å². The Morgan fingerprint density at radius 2 is 1.73 bits per heavy atom. The minimum atomic E-state index is -0.722. The van der Waals surface area contributed by atoms with Crippen LogP contribution in [-0.2, 0) is 0 Å². The molecule has 0 aromatic carbocycles. The van der Waals surface area contributed by atoms with Gasteiger partial charge in [-0.3, -0.25) is 0 Å². The number of aliphatic hydroxyl groups is 1. The van der Waals surface area contributed by atoms with Crippen molar-refractivity contribution >= 4 is 47.8 Å². The van der Waals surface area contributed by atoms with E-state index in [0.717, 1.165) is 0 Å². The van der Waals surface area contributed by atoms with E-state index in [2.05, 4.69) is 47.8 Å². The molecule has 4 heteroatoms. The molecule has 0 amide bonds. The highest BCUT2D eigenvalue weighted by Crippen LogP contribution is 2.35. The number of hydrogen-bond acceptors (Lipinski definition) is 1. The van der Waals surface area contributed by atoms with Crippen molar-refractivity contribution in [2.75, 3.05) is 0 Å². The van der Waals surface area contributed by atoms with Gasteiger partial charge in [-0.2, -0.15) is 0 Å². The Hall–Kier alpha value is 1.14. The summed E-state index contributed by atoms with van der Waals surface area (Å²) in [5, 5.41) is 9.54. The summed E-state index contributed by atoms with van der Waals surface area (Å²) >= 11 is 9.89. The van der Waals surface area contributed by atoms with Crippen LogP contribution in [-0.4, -0.2) is 12.9 Å². The van der Waals surface area contributed by atoms with Crippen molar-refractivity contribution in [2.24, 2.45) is 0 Å². The average Bonchev–Trinajstić information content (AvgIpc) is 1.83. The fourth-order valence-corrected chi connectivity index (χ4v) is 0.788. The second-order valence-electron chi connectivity index (χ2n) is 2.59. The molecule has 1 nitrogen and oxygen atoms in total. The highest BCUT2D eigenvalue weighted by atomic mass is 80.0. The first kappa shape index (κ1) is 12.1. The molecule has 11 heavy (non-hydrogen) atoms. The van der Waals surface area contributed by atoms with Crippen LogP contribution >= 0.6 is 47.8 Å². The lowest BCUT2D eigenvalue weighted by atomic mass is 10.0. The van der Waals surface area contributed by atoms with Crippen molar-refractivity contribution in [2.45, 2.75) is 28.0 Å². The van der Waals surface area contributed by atoms with Gasteiger partial charge in [-0.25, -0.2) is 0 Å². The molecule has 0 fully saturated rings. The smallest absolute Gasteiger partial charge is 0.153 e. The van der Waals surface area contributed by atoms with E-state index in [1.165, 1.54) is 0 Å². The number of alkyl halides is 3. The Morgan fingerprint density at radius 3 is 2.00 bits per heavy atom. The van der Waals surface area contributed by atoms with Crippen LogP contribution in [0.25, 0.3) is 0 Å². The second kappa shape index (κ2) is 4.40. The Bertz CT molecular complexity index is 146. The maximum absolute atomic E-state index is 9.54. The van der Waals surface area contributed by atoms with Crippen LogP contribution in [0.3, 0.4) is 0 Å². The summed E-state index contributed by atoms with van der Waals surface area (Å²) in [4.78, 5) is 0. The normalized spacial score (nSPS) is 18.7. The van der Waals surface area contributed by atoms with E-state index in [0.29, 0.717) is 6.42 Å². The van der Waals surface area contributed by atoms with Gasteiger partial charge in [-0.15, -0.1) is 0 Å². The van der Waals surface area contributed by atoms with E-state index in [1.807, 2.05) is 6.92 Å². The van der Waals surface area contributed by atoms with E-state index >= 15 is 0 Å². The van der Waals surface area contributed by atoms with Gasteiger partial charge in [-0.05, 0) is 19.4 Å². The first-order chi connectivity index (χ1) is 4.77. The van der Waals surface area contributed by atoms with Gasteiger partial charge in [0.15, 0.2) is 2.14 Å². The molecule has 1 N–H and O–H groups in total. The van der Waals surface area contributed by atoms with Crippen LogP contribution in [0.5, 0.6) is 0 Å². The monoisotopic (exact) mass is 348 g/mol. The van der Waals surface area contributed by atoms with Crippen molar-refractivity contribution < 1.29 is 5.11 Å². The molecule has 0 saturated carbocycles.